The van der Waals surface area contributed by atoms with Gasteiger partial charge in [-0.1, -0.05) is 11.3 Å². The van der Waals surface area contributed by atoms with E-state index < -0.39 is 0 Å². The molecule has 1 aromatic heterocycles. The zero-order valence-electron chi connectivity index (χ0n) is 18.1. The molecule has 0 radical (unpaired) electrons. The molecule has 8 nitrogen and oxygen atoms in total. The van der Waals surface area contributed by atoms with E-state index in [9.17, 15) is 4.79 Å². The lowest BCUT2D eigenvalue weighted by Crippen LogP contribution is -2.29. The minimum absolute atomic E-state index is 0.258. The summed E-state index contributed by atoms with van der Waals surface area (Å²) >= 11 is 0. The van der Waals surface area contributed by atoms with Gasteiger partial charge in [-0.05, 0) is 56.5 Å². The van der Waals surface area contributed by atoms with Gasteiger partial charge in [-0.2, -0.15) is 0 Å². The third-order valence-corrected chi connectivity index (χ3v) is 5.55. The number of carbonyl (C=O) groups excluding carboxylic acids is 1. The highest BCUT2D eigenvalue weighted by atomic mass is 16.5. The molecule has 1 aliphatic rings. The summed E-state index contributed by atoms with van der Waals surface area (Å²) < 4.78 is 12.3. The molecule has 2 heterocycles. The molecule has 162 valence electrons. The molecule has 1 N–H and O–H groups in total. The molecule has 0 bridgehead atoms. The van der Waals surface area contributed by atoms with E-state index in [1.165, 1.54) is 19.3 Å². The van der Waals surface area contributed by atoms with Gasteiger partial charge in [0.25, 0.3) is 5.91 Å². The number of ether oxygens (including phenoxy) is 2. The highest BCUT2D eigenvalue weighted by molar-refractivity contribution is 6.03. The summed E-state index contributed by atoms with van der Waals surface area (Å²) in [6.45, 7) is 3.90. The number of aromatic nitrogens is 3. The van der Waals surface area contributed by atoms with Gasteiger partial charge in [0.2, 0.25) is 0 Å². The molecule has 4 rings (SSSR count). The van der Waals surface area contributed by atoms with E-state index >= 15 is 0 Å². The largest absolute Gasteiger partial charge is 0.497 e. The van der Waals surface area contributed by atoms with Crippen LogP contribution in [0.25, 0.3) is 5.69 Å². The molecule has 8 heteroatoms. The van der Waals surface area contributed by atoms with Crippen molar-refractivity contribution in [3.05, 3.63) is 53.9 Å². The fraction of sp³-hybridized carbons (Fsp3) is 0.348. The molecule has 1 amide bonds. The Hall–Kier alpha value is -3.55. The molecule has 0 aliphatic carbocycles. The number of anilines is 2. The quantitative estimate of drug-likeness (QED) is 0.651. The molecule has 0 unspecified atom stereocenters. The Labute approximate surface area is 181 Å². The maximum Gasteiger partial charge on any atom is 0.278 e. The van der Waals surface area contributed by atoms with Crippen LogP contribution in [0.2, 0.25) is 0 Å². The summed E-state index contributed by atoms with van der Waals surface area (Å²) in [6.07, 6.45) is 3.68. The summed E-state index contributed by atoms with van der Waals surface area (Å²) in [6, 6.07) is 13.3. The van der Waals surface area contributed by atoms with Crippen LogP contribution in [0.1, 0.15) is 35.4 Å². The smallest absolute Gasteiger partial charge is 0.278 e. The predicted molar refractivity (Wildman–Crippen MR) is 120 cm³/mol. The van der Waals surface area contributed by atoms with Gasteiger partial charge in [-0.15, -0.1) is 5.10 Å². The number of rotatable bonds is 6. The number of amides is 1. The Balaban J connectivity index is 1.57. The first kappa shape index (κ1) is 20.7. The van der Waals surface area contributed by atoms with Crippen LogP contribution in [0, 0.1) is 6.92 Å². The van der Waals surface area contributed by atoms with Crippen molar-refractivity contribution in [1.29, 1.82) is 0 Å². The van der Waals surface area contributed by atoms with Crippen molar-refractivity contribution in [2.45, 2.75) is 26.2 Å². The Morgan fingerprint density at radius 1 is 1.03 bits per heavy atom. The van der Waals surface area contributed by atoms with Gasteiger partial charge in [0, 0.05) is 30.5 Å². The van der Waals surface area contributed by atoms with E-state index in [-0.39, 0.29) is 11.6 Å². The standard InChI is InChI=1S/C23H27N5O3/c1-16-22(25-26-28(16)20-15-19(30-2)10-11-21(20)31-3)23(29)24-17-8-7-9-18(14-17)27-12-5-4-6-13-27/h7-11,14-15H,4-6,12-13H2,1-3H3,(H,24,29). The first-order chi connectivity index (χ1) is 15.1. The van der Waals surface area contributed by atoms with Crippen LogP contribution >= 0.6 is 0 Å². The normalized spacial score (nSPS) is 13.7. The number of nitrogens with zero attached hydrogens (tertiary/aromatic N) is 4. The van der Waals surface area contributed by atoms with Crippen molar-refractivity contribution >= 4 is 17.3 Å². The van der Waals surface area contributed by atoms with Crippen molar-refractivity contribution in [3.63, 3.8) is 0 Å². The molecule has 0 atom stereocenters. The zero-order chi connectivity index (χ0) is 21.8. The molecule has 2 aromatic carbocycles. The highest BCUT2D eigenvalue weighted by Gasteiger charge is 2.20. The topological polar surface area (TPSA) is 81.5 Å². The molecule has 1 saturated heterocycles. The fourth-order valence-corrected chi connectivity index (χ4v) is 3.85. The van der Waals surface area contributed by atoms with Crippen molar-refractivity contribution < 1.29 is 14.3 Å². The van der Waals surface area contributed by atoms with Crippen molar-refractivity contribution in [3.8, 4) is 17.2 Å². The number of methoxy groups -OCH3 is 2. The van der Waals surface area contributed by atoms with Crippen LogP contribution < -0.4 is 19.7 Å². The SMILES string of the molecule is COc1ccc(OC)c(-n2nnc(C(=O)Nc3cccc(N4CCCCC4)c3)c2C)c1. The van der Waals surface area contributed by atoms with Crippen molar-refractivity contribution in [1.82, 2.24) is 15.0 Å². The summed E-state index contributed by atoms with van der Waals surface area (Å²) in [4.78, 5) is 15.3. The molecule has 1 fully saturated rings. The lowest BCUT2D eigenvalue weighted by molar-refractivity contribution is 0.102. The average Bonchev–Trinajstić information content (AvgIpc) is 3.20. The van der Waals surface area contributed by atoms with Crippen LogP contribution in [0.3, 0.4) is 0 Å². The average molecular weight is 422 g/mol. The van der Waals surface area contributed by atoms with E-state index in [0.29, 0.717) is 22.9 Å². The predicted octanol–water partition coefficient (Wildman–Crippen LogP) is 3.84. The van der Waals surface area contributed by atoms with Crippen LogP contribution in [0.5, 0.6) is 11.5 Å². The third-order valence-electron chi connectivity index (χ3n) is 5.55. The summed E-state index contributed by atoms with van der Waals surface area (Å²) in [7, 11) is 3.18. The zero-order valence-corrected chi connectivity index (χ0v) is 18.1. The molecule has 1 aliphatic heterocycles. The molecule has 0 saturated carbocycles. The highest BCUT2D eigenvalue weighted by Crippen LogP contribution is 2.29. The molecule has 3 aromatic rings. The van der Waals surface area contributed by atoms with Gasteiger partial charge in [0.15, 0.2) is 5.69 Å². The lowest BCUT2D eigenvalue weighted by Gasteiger charge is -2.29. The van der Waals surface area contributed by atoms with E-state index in [1.807, 2.05) is 18.2 Å². The number of nitrogens with one attached hydrogen (secondary N) is 1. The van der Waals surface area contributed by atoms with Gasteiger partial charge in [0.1, 0.15) is 17.2 Å². The number of hydrogen-bond acceptors (Lipinski definition) is 6. The minimum Gasteiger partial charge on any atom is -0.497 e. The minimum atomic E-state index is -0.304. The molecule has 31 heavy (non-hydrogen) atoms. The number of piperidine rings is 1. The Morgan fingerprint density at radius 3 is 2.58 bits per heavy atom. The summed E-state index contributed by atoms with van der Waals surface area (Å²) in [5.74, 6) is 0.961. The van der Waals surface area contributed by atoms with E-state index in [2.05, 4.69) is 26.6 Å². The number of hydrogen-bond donors (Lipinski definition) is 1. The monoisotopic (exact) mass is 421 g/mol. The fourth-order valence-electron chi connectivity index (χ4n) is 3.85. The van der Waals surface area contributed by atoms with Crippen molar-refractivity contribution in [2.75, 3.05) is 37.5 Å². The Bertz CT molecular complexity index is 1070. The second kappa shape index (κ2) is 9.07. The summed E-state index contributed by atoms with van der Waals surface area (Å²) in [5, 5.41) is 11.3. The number of carbonyl (C=O) groups is 1. The van der Waals surface area contributed by atoms with Crippen LogP contribution in [0.15, 0.2) is 42.5 Å². The Kier molecular flexibility index (Phi) is 6.06. The lowest BCUT2D eigenvalue weighted by atomic mass is 10.1. The van der Waals surface area contributed by atoms with E-state index in [4.69, 9.17) is 9.47 Å². The molecular formula is C23H27N5O3. The van der Waals surface area contributed by atoms with Crippen LogP contribution in [-0.2, 0) is 0 Å². The summed E-state index contributed by atoms with van der Waals surface area (Å²) in [5.41, 5.74) is 3.38. The van der Waals surface area contributed by atoms with Gasteiger partial charge >= 0.3 is 0 Å². The van der Waals surface area contributed by atoms with E-state index in [1.54, 1.807) is 44.0 Å². The molecule has 0 spiro atoms. The third kappa shape index (κ3) is 4.33. The molecular weight excluding hydrogens is 394 g/mol. The van der Waals surface area contributed by atoms with Crippen LogP contribution in [0.4, 0.5) is 11.4 Å². The second-order valence-corrected chi connectivity index (χ2v) is 7.53. The van der Waals surface area contributed by atoms with Gasteiger partial charge in [-0.3, -0.25) is 4.79 Å². The number of benzene rings is 2. The van der Waals surface area contributed by atoms with Crippen LogP contribution in [-0.4, -0.2) is 48.2 Å². The van der Waals surface area contributed by atoms with Gasteiger partial charge in [0.05, 0.1) is 19.9 Å². The maximum atomic E-state index is 12.9. The first-order valence-electron chi connectivity index (χ1n) is 10.4. The van der Waals surface area contributed by atoms with Gasteiger partial charge < -0.3 is 19.7 Å². The Morgan fingerprint density at radius 2 is 1.84 bits per heavy atom. The van der Waals surface area contributed by atoms with Crippen molar-refractivity contribution in [2.24, 2.45) is 0 Å². The second-order valence-electron chi connectivity index (χ2n) is 7.53. The maximum absolute atomic E-state index is 12.9. The van der Waals surface area contributed by atoms with Gasteiger partial charge in [-0.25, -0.2) is 4.68 Å². The first-order valence-corrected chi connectivity index (χ1v) is 10.4. The van der Waals surface area contributed by atoms with E-state index in [0.717, 1.165) is 24.5 Å².